The second-order valence-electron chi connectivity index (χ2n) is 10.3. The number of benzene rings is 2. The van der Waals surface area contributed by atoms with E-state index in [-0.39, 0.29) is 16.6 Å². The normalized spacial score (nSPS) is 19.2. The first kappa shape index (κ1) is 25.6. The fourth-order valence-corrected chi connectivity index (χ4v) is 6.19. The first-order valence-electron chi connectivity index (χ1n) is 12.6. The maximum absolute atomic E-state index is 13.2. The van der Waals surface area contributed by atoms with Crippen molar-refractivity contribution in [1.29, 1.82) is 0 Å². The van der Waals surface area contributed by atoms with Crippen molar-refractivity contribution in [3.8, 4) is 0 Å². The van der Waals surface area contributed by atoms with Crippen LogP contribution in [0.2, 0.25) is 0 Å². The van der Waals surface area contributed by atoms with Crippen molar-refractivity contribution in [1.82, 2.24) is 10.2 Å². The fourth-order valence-electron chi connectivity index (χ4n) is 4.98. The van der Waals surface area contributed by atoms with Crippen molar-refractivity contribution >= 4 is 35.0 Å². The van der Waals surface area contributed by atoms with Gasteiger partial charge in [-0.15, -0.1) is 11.8 Å². The van der Waals surface area contributed by atoms with E-state index < -0.39 is 6.04 Å². The van der Waals surface area contributed by atoms with Gasteiger partial charge in [0.1, 0.15) is 6.04 Å². The molecule has 7 heteroatoms. The van der Waals surface area contributed by atoms with Crippen LogP contribution in [-0.4, -0.2) is 66.8 Å². The summed E-state index contributed by atoms with van der Waals surface area (Å²) in [5.74, 6) is -0.107. The first-order valence-corrected chi connectivity index (χ1v) is 13.4. The molecular formula is C28H38N4O2S. The van der Waals surface area contributed by atoms with Crippen molar-refractivity contribution < 1.29 is 9.59 Å². The maximum atomic E-state index is 13.2. The van der Waals surface area contributed by atoms with Crippen molar-refractivity contribution in [3.05, 3.63) is 53.6 Å². The monoisotopic (exact) mass is 494 g/mol. The van der Waals surface area contributed by atoms with Crippen LogP contribution in [0.5, 0.6) is 0 Å². The number of carbonyl (C=O) groups is 2. The summed E-state index contributed by atoms with van der Waals surface area (Å²) in [6.45, 7) is 15.7. The largest absolute Gasteiger partial charge is 0.369 e. The van der Waals surface area contributed by atoms with Gasteiger partial charge in [0.05, 0.1) is 5.69 Å². The van der Waals surface area contributed by atoms with Crippen molar-refractivity contribution in [3.63, 3.8) is 0 Å². The molecule has 2 aliphatic heterocycles. The van der Waals surface area contributed by atoms with Crippen molar-refractivity contribution in [2.75, 3.05) is 49.1 Å². The van der Waals surface area contributed by atoms with Crippen LogP contribution < -0.4 is 15.1 Å². The molecule has 2 aromatic rings. The van der Waals surface area contributed by atoms with Gasteiger partial charge >= 0.3 is 0 Å². The van der Waals surface area contributed by atoms with Crippen LogP contribution in [0, 0.1) is 13.8 Å². The summed E-state index contributed by atoms with van der Waals surface area (Å²) in [6.07, 6.45) is 0.397. The van der Waals surface area contributed by atoms with Gasteiger partial charge in [-0.25, -0.2) is 0 Å². The van der Waals surface area contributed by atoms with Crippen molar-refractivity contribution in [2.45, 2.75) is 56.7 Å². The van der Waals surface area contributed by atoms with Gasteiger partial charge in [-0.2, -0.15) is 0 Å². The smallest absolute Gasteiger partial charge is 0.242 e. The molecule has 0 bridgehead atoms. The summed E-state index contributed by atoms with van der Waals surface area (Å²) in [4.78, 5) is 33.8. The molecule has 1 atom stereocenters. The number of carbonyl (C=O) groups excluding carboxylic acids is 2. The molecule has 35 heavy (non-hydrogen) atoms. The molecule has 1 saturated heterocycles. The van der Waals surface area contributed by atoms with E-state index in [1.165, 1.54) is 16.8 Å². The standard InChI is InChI=1S/C28H38N4O2S/c1-20-9-8-11-23(21(20)2)31-17-15-30(16-18-31)14-13-29-27(34)22(3)32-24-10-6-7-12-25(24)35-28(4,5)19-26(32)33/h6-12,22H,13-19H2,1-5H3,(H,29,34). The van der Waals surface area contributed by atoms with Crippen LogP contribution in [0.15, 0.2) is 47.4 Å². The highest BCUT2D eigenvalue weighted by atomic mass is 32.2. The van der Waals surface area contributed by atoms with Gasteiger partial charge in [0, 0.05) is 61.0 Å². The molecule has 0 radical (unpaired) electrons. The Morgan fingerprint density at radius 3 is 2.46 bits per heavy atom. The molecule has 2 aliphatic rings. The quantitative estimate of drug-likeness (QED) is 0.651. The highest BCUT2D eigenvalue weighted by Crippen LogP contribution is 2.44. The Morgan fingerprint density at radius 2 is 1.71 bits per heavy atom. The number of para-hydroxylation sites is 1. The number of thioether (sulfide) groups is 1. The summed E-state index contributed by atoms with van der Waals surface area (Å²) in [5.41, 5.74) is 4.84. The van der Waals surface area contributed by atoms with Crippen LogP contribution in [-0.2, 0) is 9.59 Å². The zero-order valence-corrected chi connectivity index (χ0v) is 22.5. The summed E-state index contributed by atoms with van der Waals surface area (Å²) in [5, 5.41) is 3.08. The Hall–Kier alpha value is -2.51. The number of aryl methyl sites for hydroxylation is 1. The molecule has 2 aromatic carbocycles. The van der Waals surface area contributed by atoms with Crippen LogP contribution in [0.3, 0.4) is 0 Å². The van der Waals surface area contributed by atoms with Crippen molar-refractivity contribution in [2.24, 2.45) is 0 Å². The van der Waals surface area contributed by atoms with E-state index in [2.05, 4.69) is 61.0 Å². The van der Waals surface area contributed by atoms with E-state index in [0.29, 0.717) is 13.0 Å². The third kappa shape index (κ3) is 5.84. The Balaban J connectivity index is 1.31. The number of piperazine rings is 1. The van der Waals surface area contributed by atoms with Crippen LogP contribution in [0.1, 0.15) is 38.3 Å². The Labute approximate surface area is 214 Å². The molecule has 0 spiro atoms. The average Bonchev–Trinajstić information content (AvgIpc) is 2.92. The summed E-state index contributed by atoms with van der Waals surface area (Å²) < 4.78 is -0.211. The molecule has 1 fully saturated rings. The predicted molar refractivity (Wildman–Crippen MR) is 146 cm³/mol. The minimum Gasteiger partial charge on any atom is -0.369 e. The molecule has 0 aliphatic carbocycles. The second-order valence-corrected chi connectivity index (χ2v) is 12.0. The SMILES string of the molecule is Cc1cccc(N2CCN(CCNC(=O)C(C)N3C(=O)CC(C)(C)Sc4ccccc43)CC2)c1C. The van der Waals surface area contributed by atoms with Gasteiger partial charge in [0.25, 0.3) is 0 Å². The number of anilines is 2. The number of amides is 2. The van der Waals surface area contributed by atoms with E-state index in [1.54, 1.807) is 16.7 Å². The molecule has 2 heterocycles. The van der Waals surface area contributed by atoms with E-state index in [9.17, 15) is 9.59 Å². The lowest BCUT2D eigenvalue weighted by molar-refractivity contribution is -0.126. The van der Waals surface area contributed by atoms with E-state index in [1.807, 2.05) is 31.2 Å². The molecule has 0 aromatic heterocycles. The van der Waals surface area contributed by atoms with Gasteiger partial charge in [-0.3, -0.25) is 19.4 Å². The molecule has 1 N–H and O–H groups in total. The summed E-state index contributed by atoms with van der Waals surface area (Å²) >= 11 is 1.70. The molecule has 0 saturated carbocycles. The summed E-state index contributed by atoms with van der Waals surface area (Å²) in [7, 11) is 0. The van der Waals surface area contributed by atoms with E-state index in [0.717, 1.165) is 43.3 Å². The third-order valence-electron chi connectivity index (χ3n) is 7.14. The van der Waals surface area contributed by atoms with Gasteiger partial charge in [-0.1, -0.05) is 24.3 Å². The highest BCUT2D eigenvalue weighted by Gasteiger charge is 2.37. The number of hydrogen-bond acceptors (Lipinski definition) is 5. The lowest BCUT2D eigenvalue weighted by atomic mass is 10.1. The number of nitrogens with zero attached hydrogens (tertiary/aromatic N) is 3. The van der Waals surface area contributed by atoms with E-state index in [4.69, 9.17) is 0 Å². The molecule has 6 nitrogen and oxygen atoms in total. The molecule has 4 rings (SSSR count). The van der Waals surface area contributed by atoms with Gasteiger partial charge < -0.3 is 10.2 Å². The molecule has 2 amide bonds. The number of rotatable bonds is 6. The summed E-state index contributed by atoms with van der Waals surface area (Å²) in [6, 6.07) is 13.9. The van der Waals surface area contributed by atoms with Crippen LogP contribution in [0.4, 0.5) is 11.4 Å². The lowest BCUT2D eigenvalue weighted by Gasteiger charge is -2.37. The molecule has 1 unspecified atom stereocenters. The minimum absolute atomic E-state index is 0.00216. The topological polar surface area (TPSA) is 55.9 Å². The minimum atomic E-state index is -0.556. The second kappa shape index (κ2) is 10.6. The zero-order chi connectivity index (χ0) is 25.2. The van der Waals surface area contributed by atoms with Crippen LogP contribution in [0.25, 0.3) is 0 Å². The Kier molecular flexibility index (Phi) is 7.77. The molecule has 188 valence electrons. The van der Waals surface area contributed by atoms with Gasteiger partial charge in [-0.05, 0) is 63.9 Å². The highest BCUT2D eigenvalue weighted by molar-refractivity contribution is 8.00. The Bertz CT molecular complexity index is 1080. The lowest BCUT2D eigenvalue weighted by Crippen LogP contribution is -2.51. The zero-order valence-electron chi connectivity index (χ0n) is 21.6. The fraction of sp³-hybridized carbons (Fsp3) is 0.500. The number of hydrogen-bond donors (Lipinski definition) is 1. The van der Waals surface area contributed by atoms with E-state index >= 15 is 0 Å². The average molecular weight is 495 g/mol. The maximum Gasteiger partial charge on any atom is 0.242 e. The third-order valence-corrected chi connectivity index (χ3v) is 8.40. The molecular weight excluding hydrogens is 456 g/mol. The first-order chi connectivity index (χ1) is 16.7. The van der Waals surface area contributed by atoms with Gasteiger partial charge in [0.15, 0.2) is 0 Å². The Morgan fingerprint density at radius 1 is 1.03 bits per heavy atom. The number of fused-ring (bicyclic) bond motifs is 1. The predicted octanol–water partition coefficient (Wildman–Crippen LogP) is 4.24. The number of nitrogens with one attached hydrogen (secondary N) is 1. The van der Waals surface area contributed by atoms with Gasteiger partial charge in [0.2, 0.25) is 11.8 Å². The van der Waals surface area contributed by atoms with Crippen LogP contribution >= 0.6 is 11.8 Å².